The van der Waals surface area contributed by atoms with Gasteiger partial charge in [0, 0.05) is 12.7 Å². The highest BCUT2D eigenvalue weighted by atomic mass is 16.5. The molecule has 2 heterocycles. The lowest BCUT2D eigenvalue weighted by molar-refractivity contribution is 0.432. The molecule has 0 radical (unpaired) electrons. The molecule has 0 aliphatic rings. The van der Waals surface area contributed by atoms with E-state index in [2.05, 4.69) is 15.2 Å². The fraction of sp³-hybridized carbons (Fsp3) is 0.286. The lowest BCUT2D eigenvalue weighted by Crippen LogP contribution is -1.92. The average Bonchev–Trinajstić information content (AvgIpc) is 2.62. The topological polar surface area (TPSA) is 82.8 Å². The zero-order valence-corrected chi connectivity index (χ0v) is 7.35. The Hall–Kier alpha value is -1.85. The number of rotatable bonds is 1. The van der Waals surface area contributed by atoms with Gasteiger partial charge in [-0.25, -0.2) is 0 Å². The van der Waals surface area contributed by atoms with Crippen molar-refractivity contribution < 1.29 is 4.52 Å². The van der Waals surface area contributed by atoms with Gasteiger partial charge in [-0.2, -0.15) is 10.1 Å². The third-order valence-corrected chi connectivity index (χ3v) is 1.91. The molecule has 0 saturated carbocycles. The number of hydrogen-bond acceptors (Lipinski definition) is 5. The van der Waals surface area contributed by atoms with Gasteiger partial charge in [-0.1, -0.05) is 0 Å². The Morgan fingerprint density at radius 2 is 2.31 bits per heavy atom. The van der Waals surface area contributed by atoms with Crippen LogP contribution in [-0.4, -0.2) is 19.9 Å². The highest BCUT2D eigenvalue weighted by Gasteiger charge is 2.12. The van der Waals surface area contributed by atoms with Gasteiger partial charge < -0.3 is 10.3 Å². The van der Waals surface area contributed by atoms with Crippen molar-refractivity contribution in [3.63, 3.8) is 0 Å². The standard InChI is InChI=1S/C7H9N5O/c1-4-5(3-9-12(4)2)6-10-7(8)11-13-6/h3H,1-2H3,(H2,8,11). The van der Waals surface area contributed by atoms with Crippen LogP contribution in [0.15, 0.2) is 10.7 Å². The Labute approximate surface area is 74.4 Å². The molecule has 0 saturated heterocycles. The third-order valence-electron chi connectivity index (χ3n) is 1.91. The quantitative estimate of drug-likeness (QED) is 0.683. The molecule has 2 aromatic rings. The van der Waals surface area contributed by atoms with Crippen LogP contribution in [0.3, 0.4) is 0 Å². The Morgan fingerprint density at radius 3 is 2.77 bits per heavy atom. The van der Waals surface area contributed by atoms with E-state index in [0.717, 1.165) is 11.3 Å². The number of hydrogen-bond donors (Lipinski definition) is 1. The van der Waals surface area contributed by atoms with Crippen molar-refractivity contribution in [1.82, 2.24) is 19.9 Å². The molecule has 0 fully saturated rings. The van der Waals surface area contributed by atoms with Crippen molar-refractivity contribution in [2.75, 3.05) is 5.73 Å². The minimum atomic E-state index is 0.137. The molecule has 0 bridgehead atoms. The summed E-state index contributed by atoms with van der Waals surface area (Å²) in [5.41, 5.74) is 7.10. The first-order valence-electron chi connectivity index (χ1n) is 3.76. The molecule has 0 amide bonds. The lowest BCUT2D eigenvalue weighted by atomic mass is 10.3. The van der Waals surface area contributed by atoms with Gasteiger partial charge in [0.1, 0.15) is 0 Å². The van der Waals surface area contributed by atoms with Crippen LogP contribution in [0, 0.1) is 6.92 Å². The van der Waals surface area contributed by atoms with Gasteiger partial charge in [0.15, 0.2) is 0 Å². The molecule has 0 aliphatic carbocycles. The summed E-state index contributed by atoms with van der Waals surface area (Å²) >= 11 is 0. The highest BCUT2D eigenvalue weighted by molar-refractivity contribution is 5.55. The molecule has 2 N–H and O–H groups in total. The first kappa shape index (κ1) is 7.78. The summed E-state index contributed by atoms with van der Waals surface area (Å²) in [6.45, 7) is 1.92. The zero-order chi connectivity index (χ0) is 9.42. The van der Waals surface area contributed by atoms with Crippen molar-refractivity contribution in [1.29, 1.82) is 0 Å². The van der Waals surface area contributed by atoms with Crippen LogP contribution in [-0.2, 0) is 7.05 Å². The number of nitrogens with zero attached hydrogens (tertiary/aromatic N) is 4. The minimum absolute atomic E-state index is 0.137. The maximum atomic E-state index is 5.33. The number of aryl methyl sites for hydroxylation is 1. The van der Waals surface area contributed by atoms with Crippen molar-refractivity contribution in [3.05, 3.63) is 11.9 Å². The first-order chi connectivity index (χ1) is 6.18. The van der Waals surface area contributed by atoms with Gasteiger partial charge in [0.2, 0.25) is 0 Å². The summed E-state index contributed by atoms with van der Waals surface area (Å²) in [4.78, 5) is 3.90. The number of aromatic nitrogens is 4. The normalized spacial score (nSPS) is 10.6. The highest BCUT2D eigenvalue weighted by Crippen LogP contribution is 2.20. The van der Waals surface area contributed by atoms with Crippen molar-refractivity contribution >= 4 is 5.95 Å². The smallest absolute Gasteiger partial charge is 0.262 e. The van der Waals surface area contributed by atoms with Gasteiger partial charge in [0.05, 0.1) is 11.8 Å². The van der Waals surface area contributed by atoms with Crippen LogP contribution in [0.4, 0.5) is 5.95 Å². The molecule has 6 heteroatoms. The number of nitrogen functional groups attached to an aromatic ring is 1. The Morgan fingerprint density at radius 1 is 1.54 bits per heavy atom. The van der Waals surface area contributed by atoms with Gasteiger partial charge >= 0.3 is 0 Å². The van der Waals surface area contributed by atoms with Gasteiger partial charge in [-0.05, 0) is 12.1 Å². The minimum Gasteiger partial charge on any atom is -0.365 e. The summed E-state index contributed by atoms with van der Waals surface area (Å²) in [5, 5.41) is 7.55. The number of anilines is 1. The lowest BCUT2D eigenvalue weighted by Gasteiger charge is -1.93. The van der Waals surface area contributed by atoms with Crippen molar-refractivity contribution in [2.45, 2.75) is 6.92 Å². The molecule has 0 aliphatic heterocycles. The van der Waals surface area contributed by atoms with Gasteiger partial charge in [0.25, 0.3) is 11.8 Å². The van der Waals surface area contributed by atoms with Crippen molar-refractivity contribution in [3.8, 4) is 11.5 Å². The molecule has 2 aromatic heterocycles. The molecule has 13 heavy (non-hydrogen) atoms. The number of nitrogens with two attached hydrogens (primary N) is 1. The summed E-state index contributed by atoms with van der Waals surface area (Å²) in [7, 11) is 1.85. The molecule has 2 rings (SSSR count). The van der Waals surface area contributed by atoms with E-state index in [1.54, 1.807) is 10.9 Å². The van der Waals surface area contributed by atoms with Crippen LogP contribution in [0.2, 0.25) is 0 Å². The fourth-order valence-electron chi connectivity index (χ4n) is 1.05. The molecule has 6 nitrogen and oxygen atoms in total. The second kappa shape index (κ2) is 2.58. The maximum absolute atomic E-state index is 5.33. The molecule has 0 spiro atoms. The van der Waals surface area contributed by atoms with E-state index in [4.69, 9.17) is 10.3 Å². The van der Waals surface area contributed by atoms with Crippen LogP contribution in [0.5, 0.6) is 0 Å². The third kappa shape index (κ3) is 1.16. The van der Waals surface area contributed by atoms with E-state index in [1.807, 2.05) is 14.0 Å². The fourth-order valence-corrected chi connectivity index (χ4v) is 1.05. The molecule has 0 aromatic carbocycles. The molecule has 68 valence electrons. The molecular weight excluding hydrogens is 170 g/mol. The van der Waals surface area contributed by atoms with E-state index >= 15 is 0 Å². The first-order valence-corrected chi connectivity index (χ1v) is 3.76. The summed E-state index contributed by atoms with van der Waals surface area (Å²) in [6.07, 6.45) is 1.67. The second-order valence-corrected chi connectivity index (χ2v) is 2.72. The maximum Gasteiger partial charge on any atom is 0.262 e. The molecule has 0 atom stereocenters. The predicted octanol–water partition coefficient (Wildman–Crippen LogP) is 0.361. The van der Waals surface area contributed by atoms with Gasteiger partial charge in [-0.15, -0.1) is 0 Å². The molecule has 0 unspecified atom stereocenters. The second-order valence-electron chi connectivity index (χ2n) is 2.72. The zero-order valence-electron chi connectivity index (χ0n) is 7.35. The van der Waals surface area contributed by atoms with E-state index < -0.39 is 0 Å². The summed E-state index contributed by atoms with van der Waals surface area (Å²) in [6, 6.07) is 0. The van der Waals surface area contributed by atoms with Crippen LogP contribution in [0.1, 0.15) is 5.69 Å². The van der Waals surface area contributed by atoms with E-state index in [-0.39, 0.29) is 5.95 Å². The van der Waals surface area contributed by atoms with Crippen LogP contribution < -0.4 is 5.73 Å². The largest absolute Gasteiger partial charge is 0.365 e. The monoisotopic (exact) mass is 179 g/mol. The average molecular weight is 179 g/mol. The molecular formula is C7H9N5O. The Bertz CT molecular complexity index is 430. The van der Waals surface area contributed by atoms with E-state index in [9.17, 15) is 0 Å². The van der Waals surface area contributed by atoms with Crippen LogP contribution in [0.25, 0.3) is 11.5 Å². The van der Waals surface area contributed by atoms with Gasteiger partial charge in [-0.3, -0.25) is 4.68 Å². The van der Waals surface area contributed by atoms with E-state index in [0.29, 0.717) is 5.89 Å². The van der Waals surface area contributed by atoms with Crippen molar-refractivity contribution in [2.24, 2.45) is 7.05 Å². The van der Waals surface area contributed by atoms with E-state index in [1.165, 1.54) is 0 Å². The Balaban J connectivity index is 2.52. The summed E-state index contributed by atoms with van der Waals surface area (Å²) in [5.74, 6) is 0.543. The predicted molar refractivity (Wildman–Crippen MR) is 45.6 cm³/mol. The SMILES string of the molecule is Cc1c(-c2nc(N)no2)cnn1C. The Kier molecular flexibility index (Phi) is 1.54. The van der Waals surface area contributed by atoms with Crippen LogP contribution >= 0.6 is 0 Å². The summed E-state index contributed by atoms with van der Waals surface area (Å²) < 4.78 is 6.64.